The third-order valence-electron chi connectivity index (χ3n) is 7.36. The fourth-order valence-electron chi connectivity index (χ4n) is 5.51. The van der Waals surface area contributed by atoms with Gasteiger partial charge in [-0.2, -0.15) is 0 Å². The Morgan fingerprint density at radius 3 is 2.49 bits per heavy atom. The normalized spacial score (nSPS) is 16.7. The minimum atomic E-state index is 0.885. The summed E-state index contributed by atoms with van der Waals surface area (Å²) in [6, 6.07) is 19.6. The summed E-state index contributed by atoms with van der Waals surface area (Å²) in [4.78, 5) is 2.43. The summed E-state index contributed by atoms with van der Waals surface area (Å²) in [5.74, 6) is 1.79. The number of piperazine rings is 2. The van der Waals surface area contributed by atoms with Crippen LogP contribution >= 0.6 is 0 Å². The van der Waals surface area contributed by atoms with Crippen molar-refractivity contribution in [3.05, 3.63) is 65.5 Å². The first-order valence-corrected chi connectivity index (χ1v) is 12.6. The number of hydrogen-bond acceptors (Lipinski definition) is 5. The average Bonchev–Trinajstić information content (AvgIpc) is 2.92. The number of nitrogens with zero attached hydrogens (tertiary/aromatic N) is 2. The number of aryl methyl sites for hydroxylation is 1. The van der Waals surface area contributed by atoms with Crippen LogP contribution < -0.4 is 30.2 Å². The highest BCUT2D eigenvalue weighted by molar-refractivity contribution is 6.04. The first-order chi connectivity index (χ1) is 17.2. The molecule has 2 N–H and O–H groups in total. The van der Waals surface area contributed by atoms with Crippen molar-refractivity contribution in [2.75, 3.05) is 64.4 Å². The van der Waals surface area contributed by atoms with Crippen molar-refractivity contribution in [2.45, 2.75) is 6.92 Å². The van der Waals surface area contributed by atoms with Crippen LogP contribution in [0.25, 0.3) is 33.4 Å². The monoisotopic (exact) mass is 469 g/mol. The van der Waals surface area contributed by atoms with Crippen LogP contribution in [0.15, 0.2) is 59.0 Å². The summed E-state index contributed by atoms with van der Waals surface area (Å²) < 4.78 is 14.9. The van der Waals surface area contributed by atoms with Crippen LogP contribution in [-0.2, 0) is 0 Å². The number of rotatable bonds is 3. The van der Waals surface area contributed by atoms with E-state index in [4.69, 9.17) is 9.15 Å². The number of hydrogen-bond donors (Lipinski definition) is 2. The van der Waals surface area contributed by atoms with Crippen LogP contribution in [0.1, 0.15) is 5.56 Å². The first-order valence-electron chi connectivity index (χ1n) is 12.6. The molecule has 4 aliphatic rings. The van der Waals surface area contributed by atoms with Gasteiger partial charge in [-0.15, -0.1) is 0 Å². The third-order valence-corrected chi connectivity index (χ3v) is 7.36. The van der Waals surface area contributed by atoms with E-state index in [0.717, 1.165) is 86.0 Å². The minimum absolute atomic E-state index is 0.885. The molecule has 3 heterocycles. The Balaban J connectivity index is 1.64. The highest BCUT2D eigenvalue weighted by Crippen LogP contribution is 2.45. The van der Waals surface area contributed by atoms with E-state index in [0.29, 0.717) is 0 Å². The van der Waals surface area contributed by atoms with Crippen LogP contribution in [0.5, 0.6) is 5.75 Å². The fourth-order valence-corrected chi connectivity index (χ4v) is 5.51. The van der Waals surface area contributed by atoms with E-state index in [2.05, 4.69) is 75.6 Å². The van der Waals surface area contributed by atoms with Gasteiger partial charge in [0.05, 0.1) is 26.3 Å². The zero-order valence-electron chi connectivity index (χ0n) is 20.6. The maximum absolute atomic E-state index is 6.66. The SMILES string of the molecule is COc1cccc(C)c1-c1c2ccc(=[N+]3CCNCC3)cc-2oc2cc(N3CCNCC3)ccc12. The van der Waals surface area contributed by atoms with Crippen molar-refractivity contribution in [1.82, 2.24) is 15.2 Å². The predicted molar refractivity (Wildman–Crippen MR) is 143 cm³/mol. The Hall–Kier alpha value is -3.35. The second-order valence-corrected chi connectivity index (χ2v) is 9.46. The van der Waals surface area contributed by atoms with Gasteiger partial charge in [-0.25, -0.2) is 4.58 Å². The number of nitrogens with one attached hydrogen (secondary N) is 2. The smallest absolute Gasteiger partial charge is 0.203 e. The van der Waals surface area contributed by atoms with E-state index >= 15 is 0 Å². The van der Waals surface area contributed by atoms with Crippen molar-refractivity contribution in [3.63, 3.8) is 0 Å². The summed E-state index contributed by atoms with van der Waals surface area (Å²) >= 11 is 0. The number of ether oxygens (including phenoxy) is 1. The molecule has 180 valence electrons. The van der Waals surface area contributed by atoms with Gasteiger partial charge in [0.2, 0.25) is 5.36 Å². The van der Waals surface area contributed by atoms with E-state index in [1.54, 1.807) is 7.11 Å². The molecule has 0 unspecified atom stereocenters. The van der Waals surface area contributed by atoms with Gasteiger partial charge < -0.3 is 24.7 Å². The van der Waals surface area contributed by atoms with Crippen LogP contribution in [-0.4, -0.2) is 59.5 Å². The number of anilines is 1. The largest absolute Gasteiger partial charge is 0.496 e. The van der Waals surface area contributed by atoms with Gasteiger partial charge in [-0.1, -0.05) is 12.1 Å². The maximum Gasteiger partial charge on any atom is 0.203 e. The second kappa shape index (κ2) is 9.36. The molecule has 0 amide bonds. The fraction of sp³-hybridized carbons (Fsp3) is 0.345. The van der Waals surface area contributed by atoms with Crippen molar-refractivity contribution in [3.8, 4) is 28.2 Å². The molecule has 6 heteroatoms. The molecule has 2 fully saturated rings. The minimum Gasteiger partial charge on any atom is -0.496 e. The molecule has 3 aliphatic heterocycles. The molecule has 35 heavy (non-hydrogen) atoms. The van der Waals surface area contributed by atoms with Gasteiger partial charge in [0.25, 0.3) is 0 Å². The van der Waals surface area contributed by atoms with Crippen LogP contribution in [0.3, 0.4) is 0 Å². The number of methoxy groups -OCH3 is 1. The molecule has 0 spiro atoms. The Morgan fingerprint density at radius 1 is 0.886 bits per heavy atom. The van der Waals surface area contributed by atoms with E-state index in [1.165, 1.54) is 22.2 Å². The van der Waals surface area contributed by atoms with Crippen LogP contribution in [0.2, 0.25) is 0 Å². The van der Waals surface area contributed by atoms with Gasteiger partial charge in [-0.3, -0.25) is 0 Å². The molecule has 0 radical (unpaired) electrons. The molecule has 1 aliphatic carbocycles. The predicted octanol–water partition coefficient (Wildman–Crippen LogP) is 3.31. The topological polar surface area (TPSA) is 52.7 Å². The maximum atomic E-state index is 6.66. The Morgan fingerprint density at radius 2 is 1.69 bits per heavy atom. The highest BCUT2D eigenvalue weighted by Gasteiger charge is 2.23. The van der Waals surface area contributed by atoms with Gasteiger partial charge in [0, 0.05) is 66.1 Å². The van der Waals surface area contributed by atoms with Crippen molar-refractivity contribution in [2.24, 2.45) is 0 Å². The third kappa shape index (κ3) is 4.07. The number of benzene rings is 3. The summed E-state index contributed by atoms with van der Waals surface area (Å²) in [5, 5.41) is 9.21. The standard InChI is InChI=1S/C29H33N4O2/c1-20-4-3-5-25(34-2)28(20)29-23-8-6-21(32-14-10-30-11-15-32)18-26(23)35-27-19-22(7-9-24(27)29)33-16-12-31-13-17-33/h3-9,18-19,30-31H,10-17H2,1-2H3/q+1. The van der Waals surface area contributed by atoms with Crippen molar-refractivity contribution >= 4 is 16.7 Å². The van der Waals surface area contributed by atoms with Gasteiger partial charge in [0.1, 0.15) is 17.1 Å². The molecule has 6 nitrogen and oxygen atoms in total. The molecule has 2 aromatic rings. The molecule has 2 saturated heterocycles. The summed E-state index contributed by atoms with van der Waals surface area (Å²) in [6.45, 7) is 10.2. The Labute approximate surface area is 206 Å². The van der Waals surface area contributed by atoms with E-state index in [9.17, 15) is 0 Å². The molecule has 6 rings (SSSR count). The lowest BCUT2D eigenvalue weighted by Crippen LogP contribution is -2.45. The zero-order valence-corrected chi connectivity index (χ0v) is 20.6. The van der Waals surface area contributed by atoms with Crippen molar-refractivity contribution in [1.29, 1.82) is 0 Å². The lowest BCUT2D eigenvalue weighted by Gasteiger charge is -2.29. The van der Waals surface area contributed by atoms with Crippen LogP contribution in [0, 0.1) is 6.92 Å². The molecule has 0 bridgehead atoms. The van der Waals surface area contributed by atoms with E-state index in [1.807, 2.05) is 6.07 Å². The zero-order chi connectivity index (χ0) is 23.8. The van der Waals surface area contributed by atoms with E-state index in [-0.39, 0.29) is 0 Å². The van der Waals surface area contributed by atoms with Crippen LogP contribution in [0.4, 0.5) is 5.69 Å². The Bertz CT molecular complexity index is 1410. The quantitative estimate of drug-likeness (QED) is 0.356. The summed E-state index contributed by atoms with van der Waals surface area (Å²) in [6.07, 6.45) is 0. The van der Waals surface area contributed by atoms with Gasteiger partial charge >= 0.3 is 0 Å². The first kappa shape index (κ1) is 22.1. The second-order valence-electron chi connectivity index (χ2n) is 9.46. The molecule has 2 aromatic carbocycles. The van der Waals surface area contributed by atoms with Gasteiger partial charge in [0.15, 0.2) is 13.1 Å². The van der Waals surface area contributed by atoms with Gasteiger partial charge in [-0.05, 0) is 36.8 Å². The molecule has 0 atom stereocenters. The lowest BCUT2D eigenvalue weighted by molar-refractivity contribution is 0.416. The highest BCUT2D eigenvalue weighted by atomic mass is 16.5. The molecule has 0 aromatic heterocycles. The molecular weight excluding hydrogens is 436 g/mol. The molecule has 0 saturated carbocycles. The Kier molecular flexibility index (Phi) is 5.92. The lowest BCUT2D eigenvalue weighted by atomic mass is 9.90. The average molecular weight is 470 g/mol. The summed E-state index contributed by atoms with van der Waals surface area (Å²) in [7, 11) is 1.75. The molecular formula is C29H33N4O2+. The van der Waals surface area contributed by atoms with Crippen molar-refractivity contribution < 1.29 is 9.15 Å². The summed E-state index contributed by atoms with van der Waals surface area (Å²) in [5.41, 5.74) is 6.73. The van der Waals surface area contributed by atoms with E-state index < -0.39 is 0 Å². The number of fused-ring (bicyclic) bond motifs is 2.